The molecular weight excluding hydrogens is 180 g/mol. The molecule has 0 aliphatic rings. The van der Waals surface area contributed by atoms with Gasteiger partial charge in [0.25, 0.3) is 0 Å². The smallest absolute Gasteiger partial charge is 0.309 e. The largest absolute Gasteiger partial charge is 0.481 e. The van der Waals surface area contributed by atoms with Crippen LogP contribution in [0, 0.1) is 0 Å². The summed E-state index contributed by atoms with van der Waals surface area (Å²) in [6.07, 6.45) is 4.69. The van der Waals surface area contributed by atoms with Gasteiger partial charge in [0, 0.05) is 18.1 Å². The molecule has 66 valence electrons. The van der Waals surface area contributed by atoms with Gasteiger partial charge in [-0.05, 0) is 0 Å². The normalized spacial score (nSPS) is 8.67. The first-order valence-electron chi connectivity index (χ1n) is 3.08. The summed E-state index contributed by atoms with van der Waals surface area (Å²) < 4.78 is 1.58. The number of carbonyl (C=O) groups is 1. The van der Waals surface area contributed by atoms with Crippen molar-refractivity contribution in [1.82, 2.24) is 9.55 Å². The predicted molar refractivity (Wildman–Crippen MR) is 47.1 cm³/mol. The molecule has 0 fully saturated rings. The molecule has 1 N–H and O–H groups in total. The Morgan fingerprint density at radius 3 is 2.75 bits per heavy atom. The Hall–Kier alpha value is -1.29. The highest BCUT2D eigenvalue weighted by atomic mass is 35.5. The minimum absolute atomic E-state index is 0. The Morgan fingerprint density at radius 1 is 1.67 bits per heavy atom. The number of aliphatic carboxylic acids is 1. The van der Waals surface area contributed by atoms with Gasteiger partial charge in [-0.2, -0.15) is 0 Å². The molecule has 0 saturated heterocycles. The molecule has 0 amide bonds. The number of halogens is 1. The van der Waals surface area contributed by atoms with E-state index in [9.17, 15) is 4.79 Å². The van der Waals surface area contributed by atoms with Crippen LogP contribution in [0.2, 0.25) is 0 Å². The van der Waals surface area contributed by atoms with Gasteiger partial charge in [0.05, 0.1) is 12.7 Å². The molecule has 0 atom stereocenters. The number of hydrogen-bond acceptors (Lipinski definition) is 2. The lowest BCUT2D eigenvalue weighted by Gasteiger charge is -2.00. The Labute approximate surface area is 75.9 Å². The molecule has 0 aromatic carbocycles. The fourth-order valence-electron chi connectivity index (χ4n) is 0.712. The van der Waals surface area contributed by atoms with Gasteiger partial charge in [0.15, 0.2) is 0 Å². The van der Waals surface area contributed by atoms with Crippen LogP contribution >= 0.6 is 12.4 Å². The fourth-order valence-corrected chi connectivity index (χ4v) is 0.712. The maximum Gasteiger partial charge on any atom is 0.309 e. The summed E-state index contributed by atoms with van der Waals surface area (Å²) in [5.41, 5.74) is 0.509. The summed E-state index contributed by atoms with van der Waals surface area (Å²) >= 11 is 0. The van der Waals surface area contributed by atoms with Crippen molar-refractivity contribution in [3.05, 3.63) is 25.3 Å². The molecule has 5 heteroatoms. The van der Waals surface area contributed by atoms with Crippen molar-refractivity contribution in [1.29, 1.82) is 0 Å². The van der Waals surface area contributed by atoms with E-state index in [1.54, 1.807) is 17.0 Å². The van der Waals surface area contributed by atoms with Gasteiger partial charge in [-0.1, -0.05) is 6.58 Å². The third-order valence-electron chi connectivity index (χ3n) is 1.22. The van der Waals surface area contributed by atoms with Crippen molar-refractivity contribution < 1.29 is 9.90 Å². The lowest BCUT2D eigenvalue weighted by atomic mass is 10.3. The molecule has 0 spiro atoms. The van der Waals surface area contributed by atoms with E-state index in [2.05, 4.69) is 11.6 Å². The monoisotopic (exact) mass is 188 g/mol. The van der Waals surface area contributed by atoms with Gasteiger partial charge in [-0.25, -0.2) is 4.98 Å². The van der Waals surface area contributed by atoms with E-state index in [0.717, 1.165) is 0 Å². The van der Waals surface area contributed by atoms with E-state index in [-0.39, 0.29) is 18.8 Å². The zero-order chi connectivity index (χ0) is 8.27. The highest BCUT2D eigenvalue weighted by Gasteiger charge is 2.01. The molecule has 1 aromatic heterocycles. The summed E-state index contributed by atoms with van der Waals surface area (Å²) in [6, 6.07) is 0. The summed E-state index contributed by atoms with van der Waals surface area (Å²) in [5.74, 6) is -0.885. The van der Waals surface area contributed by atoms with E-state index in [0.29, 0.717) is 5.70 Å². The first-order chi connectivity index (χ1) is 5.20. The Balaban J connectivity index is 0.00000121. The number of rotatable bonds is 3. The third kappa shape index (κ3) is 2.75. The molecule has 0 aliphatic heterocycles. The molecule has 4 nitrogen and oxygen atoms in total. The molecule has 1 heterocycles. The van der Waals surface area contributed by atoms with Gasteiger partial charge in [0.1, 0.15) is 0 Å². The first kappa shape index (κ1) is 10.7. The maximum absolute atomic E-state index is 10.2. The second-order valence-corrected chi connectivity index (χ2v) is 2.11. The summed E-state index contributed by atoms with van der Waals surface area (Å²) in [6.45, 7) is 3.58. The van der Waals surface area contributed by atoms with E-state index in [4.69, 9.17) is 5.11 Å². The molecule has 0 unspecified atom stereocenters. The zero-order valence-corrected chi connectivity index (χ0v) is 7.12. The predicted octanol–water partition coefficient (Wildman–Crippen LogP) is 1.25. The Bertz CT molecular complexity index is 269. The van der Waals surface area contributed by atoms with Crippen molar-refractivity contribution in [3.8, 4) is 0 Å². The highest BCUT2D eigenvalue weighted by Crippen LogP contribution is 2.04. The minimum Gasteiger partial charge on any atom is -0.481 e. The van der Waals surface area contributed by atoms with E-state index in [1.165, 1.54) is 6.33 Å². The van der Waals surface area contributed by atoms with Gasteiger partial charge in [0.2, 0.25) is 0 Å². The average molecular weight is 189 g/mol. The van der Waals surface area contributed by atoms with Crippen molar-refractivity contribution in [3.63, 3.8) is 0 Å². The molecule has 12 heavy (non-hydrogen) atoms. The number of imidazole rings is 1. The van der Waals surface area contributed by atoms with Gasteiger partial charge in [-0.15, -0.1) is 12.4 Å². The van der Waals surface area contributed by atoms with Gasteiger partial charge >= 0.3 is 5.97 Å². The topological polar surface area (TPSA) is 55.1 Å². The number of carboxylic acid groups (broad SMARTS) is 1. The molecule has 0 saturated carbocycles. The van der Waals surface area contributed by atoms with Crippen molar-refractivity contribution in [2.75, 3.05) is 0 Å². The fraction of sp³-hybridized carbons (Fsp3) is 0.143. The minimum atomic E-state index is -0.885. The standard InChI is InChI=1S/C7H8N2O2.ClH/c1-6(4-7(10)11)9-3-2-8-5-9;/h2-3,5H,1,4H2,(H,10,11);1H. The van der Waals surface area contributed by atoms with Crippen LogP contribution in [0.3, 0.4) is 0 Å². The van der Waals surface area contributed by atoms with Gasteiger partial charge in [-0.3, -0.25) is 4.79 Å². The highest BCUT2D eigenvalue weighted by molar-refractivity contribution is 5.85. The first-order valence-corrected chi connectivity index (χ1v) is 3.08. The quantitative estimate of drug-likeness (QED) is 0.777. The number of nitrogens with zero attached hydrogens (tertiary/aromatic N) is 2. The third-order valence-corrected chi connectivity index (χ3v) is 1.22. The average Bonchev–Trinajstić information content (AvgIpc) is 2.35. The summed E-state index contributed by atoms with van der Waals surface area (Å²) in [5, 5.41) is 8.39. The van der Waals surface area contributed by atoms with E-state index in [1.807, 2.05) is 0 Å². The maximum atomic E-state index is 10.2. The van der Waals surface area contributed by atoms with Crippen LogP contribution in [0.1, 0.15) is 6.42 Å². The molecule has 0 bridgehead atoms. The van der Waals surface area contributed by atoms with Crippen molar-refractivity contribution >= 4 is 24.1 Å². The Morgan fingerprint density at radius 2 is 2.33 bits per heavy atom. The van der Waals surface area contributed by atoms with Crippen LogP contribution in [0.5, 0.6) is 0 Å². The summed E-state index contributed by atoms with van der Waals surface area (Å²) in [4.78, 5) is 14.0. The molecular formula is C7H9ClN2O2. The lowest BCUT2D eigenvalue weighted by molar-refractivity contribution is -0.135. The molecule has 1 aromatic rings. The molecule has 1 rings (SSSR count). The van der Waals surface area contributed by atoms with Crippen LogP contribution in [0.15, 0.2) is 25.3 Å². The SMILES string of the molecule is C=C(CC(=O)O)n1ccnc1.Cl. The second-order valence-electron chi connectivity index (χ2n) is 2.11. The number of carboxylic acids is 1. The van der Waals surface area contributed by atoms with Crippen LogP contribution in [0.25, 0.3) is 5.70 Å². The van der Waals surface area contributed by atoms with E-state index < -0.39 is 5.97 Å². The Kier molecular flexibility index (Phi) is 4.07. The molecule has 0 radical (unpaired) electrons. The van der Waals surface area contributed by atoms with Crippen LogP contribution in [-0.2, 0) is 4.79 Å². The van der Waals surface area contributed by atoms with Crippen LogP contribution in [0.4, 0.5) is 0 Å². The second kappa shape index (κ2) is 4.56. The van der Waals surface area contributed by atoms with E-state index >= 15 is 0 Å². The number of aromatic nitrogens is 2. The van der Waals surface area contributed by atoms with Crippen molar-refractivity contribution in [2.45, 2.75) is 6.42 Å². The lowest BCUT2D eigenvalue weighted by Crippen LogP contribution is -2.00. The van der Waals surface area contributed by atoms with Gasteiger partial charge < -0.3 is 9.67 Å². The summed E-state index contributed by atoms with van der Waals surface area (Å²) in [7, 11) is 0. The van der Waals surface area contributed by atoms with Crippen LogP contribution < -0.4 is 0 Å². The van der Waals surface area contributed by atoms with Crippen LogP contribution in [-0.4, -0.2) is 20.6 Å². The molecule has 0 aliphatic carbocycles. The van der Waals surface area contributed by atoms with Crippen molar-refractivity contribution in [2.24, 2.45) is 0 Å². The zero-order valence-electron chi connectivity index (χ0n) is 6.30. The number of hydrogen-bond donors (Lipinski definition) is 1.